The number of carbonyl (C=O) groups is 2. The Labute approximate surface area is 293 Å². The molecule has 3 fully saturated rings. The lowest BCUT2D eigenvalue weighted by Crippen LogP contribution is -2.57. The number of carbonyl (C=O) groups excluding carboxylic acids is 2. The van der Waals surface area contributed by atoms with E-state index in [0.29, 0.717) is 40.5 Å². The molecule has 50 heavy (non-hydrogen) atoms. The quantitative estimate of drug-likeness (QED) is 0.216. The molecule has 2 bridgehead atoms. The molecule has 13 nitrogen and oxygen atoms in total. The molecule has 3 aromatic heterocycles. The lowest BCUT2D eigenvalue weighted by Gasteiger charge is -2.42. The maximum atomic E-state index is 16.8. The molecule has 2 N–H and O–H groups in total. The summed E-state index contributed by atoms with van der Waals surface area (Å²) in [5, 5.41) is 13.3. The number of halogens is 1. The second kappa shape index (κ2) is 12.4. The van der Waals surface area contributed by atoms with Crippen LogP contribution in [-0.4, -0.2) is 91.7 Å². The van der Waals surface area contributed by atoms with Crippen LogP contribution in [0.3, 0.4) is 0 Å². The van der Waals surface area contributed by atoms with Crippen molar-refractivity contribution in [3.63, 3.8) is 0 Å². The minimum Gasteiger partial charge on any atom is -0.463 e. The van der Waals surface area contributed by atoms with Crippen molar-refractivity contribution in [2.45, 2.75) is 90.5 Å². The summed E-state index contributed by atoms with van der Waals surface area (Å²) in [7, 11) is 0. The number of benzene rings is 1. The van der Waals surface area contributed by atoms with Crippen LogP contribution >= 0.6 is 11.3 Å². The molecule has 1 saturated carbocycles. The number of ether oxygens (including phenoxy) is 3. The van der Waals surface area contributed by atoms with Gasteiger partial charge in [-0.15, -0.1) is 0 Å². The van der Waals surface area contributed by atoms with Crippen LogP contribution in [0.25, 0.3) is 32.4 Å². The molecule has 15 heteroatoms. The Hall–Kier alpha value is -4.37. The number of thiazole rings is 1. The Morgan fingerprint density at radius 2 is 1.72 bits per heavy atom. The Balaban J connectivity index is 1.25. The van der Waals surface area contributed by atoms with Gasteiger partial charge >= 0.3 is 18.2 Å². The second-order valence-corrected chi connectivity index (χ2v) is 16.5. The first-order valence-electron chi connectivity index (χ1n) is 16.9. The van der Waals surface area contributed by atoms with E-state index in [0.717, 1.165) is 30.4 Å². The van der Waals surface area contributed by atoms with Crippen LogP contribution in [0.4, 0.5) is 24.9 Å². The van der Waals surface area contributed by atoms with Gasteiger partial charge < -0.3 is 24.2 Å². The van der Waals surface area contributed by atoms with Crippen LogP contribution in [0.5, 0.6) is 6.01 Å². The highest BCUT2D eigenvalue weighted by Gasteiger charge is 2.46. The van der Waals surface area contributed by atoms with E-state index in [4.69, 9.17) is 19.2 Å². The number of para-hydroxylation sites is 1. The Morgan fingerprint density at radius 1 is 1.02 bits per heavy atom. The molecule has 2 atom stereocenters. The minimum atomic E-state index is -0.685. The highest BCUT2D eigenvalue weighted by molar-refractivity contribution is 7.22. The van der Waals surface area contributed by atoms with Crippen LogP contribution in [0.1, 0.15) is 67.2 Å². The Bertz CT molecular complexity index is 1960. The van der Waals surface area contributed by atoms with E-state index in [2.05, 4.69) is 25.2 Å². The largest absolute Gasteiger partial charge is 0.463 e. The smallest absolute Gasteiger partial charge is 0.413 e. The molecular weight excluding hydrogens is 665 g/mol. The SMILES string of the molecule is CC(C)(C)OC(=O)Nc1nc2c(-c3ncc4c(N5CC6CCC(C5)N6C(=O)OC(C)(C)C)nc(OCC5(CO)CC5)nc4c3F)cccc2s1. The number of fused-ring (bicyclic) bond motifs is 4. The molecule has 1 aliphatic carbocycles. The third-order valence-corrected chi connectivity index (χ3v) is 10.0. The van der Waals surface area contributed by atoms with E-state index in [1.807, 2.05) is 31.7 Å². The first-order chi connectivity index (χ1) is 23.6. The summed E-state index contributed by atoms with van der Waals surface area (Å²) in [6, 6.07) is 5.13. The number of aliphatic hydroxyl groups excluding tert-OH is 1. The number of nitrogens with zero attached hydrogens (tertiary/aromatic N) is 6. The van der Waals surface area contributed by atoms with E-state index >= 15 is 4.39 Å². The number of hydrogen-bond donors (Lipinski definition) is 2. The molecule has 2 saturated heterocycles. The summed E-state index contributed by atoms with van der Waals surface area (Å²) in [4.78, 5) is 48.0. The van der Waals surface area contributed by atoms with E-state index in [-0.39, 0.29) is 54.0 Å². The van der Waals surface area contributed by atoms with Crippen LogP contribution in [0.2, 0.25) is 0 Å². The van der Waals surface area contributed by atoms with Crippen molar-refractivity contribution in [2.24, 2.45) is 5.41 Å². The lowest BCUT2D eigenvalue weighted by atomic mass is 10.1. The molecular formula is C35H42FN7O6S. The number of aromatic nitrogens is 4. The Kier molecular flexibility index (Phi) is 8.48. The van der Waals surface area contributed by atoms with Crippen LogP contribution in [-0.2, 0) is 9.47 Å². The number of hydrogen-bond acceptors (Lipinski definition) is 12. The zero-order chi connectivity index (χ0) is 35.6. The van der Waals surface area contributed by atoms with Crippen molar-refractivity contribution in [3.05, 3.63) is 30.2 Å². The highest BCUT2D eigenvalue weighted by Crippen LogP contribution is 2.45. The molecule has 7 rings (SSSR count). The van der Waals surface area contributed by atoms with Gasteiger partial charge in [0.2, 0.25) is 0 Å². The van der Waals surface area contributed by atoms with Crippen molar-refractivity contribution in [3.8, 4) is 17.3 Å². The van der Waals surface area contributed by atoms with Gasteiger partial charge in [0.1, 0.15) is 28.2 Å². The summed E-state index contributed by atoms with van der Waals surface area (Å²) < 4.78 is 34.7. The summed E-state index contributed by atoms with van der Waals surface area (Å²) in [5.41, 5.74) is -0.676. The molecule has 0 radical (unpaired) electrons. The van der Waals surface area contributed by atoms with E-state index in [1.54, 1.807) is 39.1 Å². The van der Waals surface area contributed by atoms with Gasteiger partial charge in [-0.25, -0.2) is 19.0 Å². The summed E-state index contributed by atoms with van der Waals surface area (Å²) in [5.74, 6) is -0.204. The number of pyridine rings is 1. The molecule has 2 unspecified atom stereocenters. The normalized spacial score (nSPS) is 19.9. The van der Waals surface area contributed by atoms with E-state index in [1.165, 1.54) is 11.3 Å². The molecule has 3 aliphatic rings. The zero-order valence-electron chi connectivity index (χ0n) is 29.1. The third kappa shape index (κ3) is 6.84. The summed E-state index contributed by atoms with van der Waals surface area (Å²) in [6.45, 7) is 12.0. The molecule has 5 heterocycles. The summed E-state index contributed by atoms with van der Waals surface area (Å²) in [6.07, 6.45) is 3.86. The fourth-order valence-electron chi connectivity index (χ4n) is 6.53. The van der Waals surface area contributed by atoms with E-state index < -0.39 is 23.1 Å². The minimum absolute atomic E-state index is 0.000840. The van der Waals surface area contributed by atoms with Crippen LogP contribution in [0.15, 0.2) is 24.4 Å². The maximum Gasteiger partial charge on any atom is 0.413 e. The van der Waals surface area contributed by atoms with Gasteiger partial charge in [0.05, 0.1) is 40.9 Å². The zero-order valence-corrected chi connectivity index (χ0v) is 29.9. The number of anilines is 2. The first-order valence-corrected chi connectivity index (χ1v) is 17.7. The van der Waals surface area contributed by atoms with Gasteiger partial charge in [0.15, 0.2) is 10.9 Å². The molecule has 4 aromatic rings. The molecule has 266 valence electrons. The van der Waals surface area contributed by atoms with Crippen molar-refractivity contribution >= 4 is 55.6 Å². The average molecular weight is 708 g/mol. The van der Waals surface area contributed by atoms with Gasteiger partial charge in [-0.1, -0.05) is 23.5 Å². The first kappa shape index (κ1) is 34.1. The molecule has 2 aliphatic heterocycles. The standard InChI is InChI=1S/C35H42FN7O6S/c1-33(2,3)48-31(45)41-30-39-25-21(8-7-9-23(25)50-30)26-24(36)27-22(14-37-26)28(40-29(38-27)47-18-35(17-44)12-13-35)42-15-19-10-11-20(16-42)43(19)32(46)49-34(4,5)6/h7-9,14,19-20,44H,10-13,15-18H2,1-6H3,(H,39,41,45). The Morgan fingerprint density at radius 3 is 2.36 bits per heavy atom. The van der Waals surface area contributed by atoms with Gasteiger partial charge in [0.25, 0.3) is 0 Å². The highest BCUT2D eigenvalue weighted by atomic mass is 32.1. The topological polar surface area (TPSA) is 152 Å². The van der Waals surface area contributed by atoms with Crippen molar-refractivity contribution < 1.29 is 33.3 Å². The van der Waals surface area contributed by atoms with Gasteiger partial charge in [-0.05, 0) is 73.3 Å². The van der Waals surface area contributed by atoms with Crippen molar-refractivity contribution in [1.29, 1.82) is 0 Å². The number of nitrogens with one attached hydrogen (secondary N) is 1. The van der Waals surface area contributed by atoms with Crippen LogP contribution in [0, 0.1) is 11.2 Å². The van der Waals surface area contributed by atoms with Gasteiger partial charge in [0, 0.05) is 30.3 Å². The monoisotopic (exact) mass is 707 g/mol. The molecule has 0 spiro atoms. The van der Waals surface area contributed by atoms with Gasteiger partial charge in [-0.2, -0.15) is 9.97 Å². The maximum absolute atomic E-state index is 16.8. The number of aliphatic hydroxyl groups is 1. The fraction of sp³-hybridized carbons (Fsp3) is 0.543. The fourth-order valence-corrected chi connectivity index (χ4v) is 7.41. The average Bonchev–Trinajstić information content (AvgIpc) is 3.62. The predicted octanol–water partition coefficient (Wildman–Crippen LogP) is 6.53. The lowest BCUT2D eigenvalue weighted by molar-refractivity contribution is 0.0122. The summed E-state index contributed by atoms with van der Waals surface area (Å²) >= 11 is 1.24. The number of piperazine rings is 1. The third-order valence-electron chi connectivity index (χ3n) is 9.11. The van der Waals surface area contributed by atoms with Crippen molar-refractivity contribution in [1.82, 2.24) is 24.8 Å². The number of rotatable bonds is 7. The molecule has 2 amide bonds. The van der Waals surface area contributed by atoms with Gasteiger partial charge in [-0.3, -0.25) is 15.2 Å². The van der Waals surface area contributed by atoms with Crippen LogP contribution < -0.4 is 15.0 Å². The van der Waals surface area contributed by atoms with Crippen molar-refractivity contribution in [2.75, 3.05) is 36.5 Å². The molecule has 1 aromatic carbocycles. The van der Waals surface area contributed by atoms with E-state index in [9.17, 15) is 14.7 Å². The number of amides is 2. The predicted molar refractivity (Wildman–Crippen MR) is 187 cm³/mol. The second-order valence-electron chi connectivity index (χ2n) is 15.4.